The first kappa shape index (κ1) is 15.0. The highest BCUT2D eigenvalue weighted by molar-refractivity contribution is 7.91. The number of sulfonamides is 1. The topological polar surface area (TPSA) is 58.2 Å². The van der Waals surface area contributed by atoms with Crippen LogP contribution in [0.2, 0.25) is 5.02 Å². The third-order valence-electron chi connectivity index (χ3n) is 2.41. The summed E-state index contributed by atoms with van der Waals surface area (Å²) in [4.78, 5) is 2.24. The van der Waals surface area contributed by atoms with Gasteiger partial charge in [0, 0.05) is 10.6 Å². The molecule has 0 saturated heterocycles. The highest BCUT2D eigenvalue weighted by Gasteiger charge is 2.20. The largest absolute Gasteiger partial charge is 0.263 e. The monoisotopic (exact) mass is 326 g/mol. The maximum atomic E-state index is 12.2. The molecule has 0 aliphatic rings. The molecule has 0 saturated carbocycles. The van der Waals surface area contributed by atoms with Crippen LogP contribution in [0.1, 0.15) is 0 Å². The number of rotatable bonds is 5. The Morgan fingerprint density at radius 2 is 2.15 bits per heavy atom. The van der Waals surface area contributed by atoms with Crippen molar-refractivity contribution < 1.29 is 8.42 Å². The number of thiophene rings is 1. The van der Waals surface area contributed by atoms with Gasteiger partial charge in [0.25, 0.3) is 10.0 Å². The van der Waals surface area contributed by atoms with Gasteiger partial charge in [-0.1, -0.05) is 29.7 Å². The maximum Gasteiger partial charge on any atom is 0.263 e. The van der Waals surface area contributed by atoms with Crippen molar-refractivity contribution in [3.63, 3.8) is 0 Å². The number of terminal acetylenes is 1. The summed E-state index contributed by atoms with van der Waals surface area (Å²) in [5.74, 6) is 2.29. The van der Waals surface area contributed by atoms with Crippen LogP contribution in [-0.2, 0) is 10.0 Å². The van der Waals surface area contributed by atoms with Crippen molar-refractivity contribution in [1.29, 1.82) is 0 Å². The summed E-state index contributed by atoms with van der Waals surface area (Å²) in [7, 11) is -3.66. The molecule has 0 unspecified atom stereocenters. The molecule has 0 atom stereocenters. The van der Waals surface area contributed by atoms with E-state index < -0.39 is 10.0 Å². The summed E-state index contributed by atoms with van der Waals surface area (Å²) in [6.45, 7) is 0.108. The molecule has 4 nitrogen and oxygen atoms in total. The zero-order valence-electron chi connectivity index (χ0n) is 10.3. The van der Waals surface area contributed by atoms with Gasteiger partial charge in [-0.3, -0.25) is 0 Å². The lowest BCUT2D eigenvalue weighted by Gasteiger charge is -2.07. The molecular weight excluding hydrogens is 316 g/mol. The van der Waals surface area contributed by atoms with E-state index in [0.29, 0.717) is 10.6 Å². The van der Waals surface area contributed by atoms with Crippen molar-refractivity contribution in [2.75, 3.05) is 6.54 Å². The second-order valence-corrected chi connectivity index (χ2v) is 7.03. The van der Waals surface area contributed by atoms with Gasteiger partial charge in [0.1, 0.15) is 4.21 Å². The van der Waals surface area contributed by atoms with Crippen LogP contribution in [0, 0.1) is 12.3 Å². The van der Waals surface area contributed by atoms with Gasteiger partial charge in [-0.2, -0.15) is 0 Å². The van der Waals surface area contributed by atoms with Crippen LogP contribution < -0.4 is 10.3 Å². The Morgan fingerprint density at radius 1 is 1.35 bits per heavy atom. The number of hydrogen-bond acceptors (Lipinski definition) is 4. The molecule has 0 bridgehead atoms. The maximum absolute atomic E-state index is 12.2. The Bertz CT molecular complexity index is 748. The van der Waals surface area contributed by atoms with Gasteiger partial charge in [-0.05, 0) is 29.1 Å². The van der Waals surface area contributed by atoms with Crippen molar-refractivity contribution in [1.82, 2.24) is 10.3 Å². The number of benzene rings is 1. The van der Waals surface area contributed by atoms with Gasteiger partial charge in [0.15, 0.2) is 0 Å². The van der Waals surface area contributed by atoms with E-state index in [4.69, 9.17) is 18.0 Å². The second-order valence-electron chi connectivity index (χ2n) is 3.80. The zero-order chi connectivity index (χ0) is 14.6. The molecule has 104 valence electrons. The Balaban J connectivity index is 2.36. The van der Waals surface area contributed by atoms with Crippen LogP contribution in [0.25, 0.3) is 11.1 Å². The molecule has 0 amide bonds. The Morgan fingerprint density at radius 3 is 2.85 bits per heavy atom. The molecule has 0 spiro atoms. The van der Waals surface area contributed by atoms with E-state index in [-0.39, 0.29) is 10.8 Å². The fraction of sp³-hybridized carbons (Fsp3) is 0.0769. The zero-order valence-corrected chi connectivity index (χ0v) is 12.6. The molecule has 1 heterocycles. The number of hydrazine groups is 1. The summed E-state index contributed by atoms with van der Waals surface area (Å²) < 4.78 is 24.6. The standard InChI is InChI=1S/C13H11ClN2O2S2/c1-2-7-15-16-20(17,18)13-12(6-8-19-13)10-4-3-5-11(14)9-10/h1,3-6,8-9,15-16H,7H2. The first-order valence-electron chi connectivity index (χ1n) is 5.56. The minimum absolute atomic E-state index is 0.108. The minimum atomic E-state index is -3.66. The van der Waals surface area contributed by atoms with Crippen LogP contribution in [-0.4, -0.2) is 15.0 Å². The van der Waals surface area contributed by atoms with Crippen molar-refractivity contribution in [2.24, 2.45) is 0 Å². The van der Waals surface area contributed by atoms with Gasteiger partial charge in [-0.25, -0.2) is 13.8 Å². The van der Waals surface area contributed by atoms with E-state index in [1.54, 1.807) is 29.6 Å². The molecule has 0 aliphatic carbocycles. The van der Waals surface area contributed by atoms with E-state index in [1.807, 2.05) is 6.07 Å². The normalized spacial score (nSPS) is 11.2. The lowest BCUT2D eigenvalue weighted by Crippen LogP contribution is -2.37. The summed E-state index contributed by atoms with van der Waals surface area (Å²) >= 11 is 7.06. The van der Waals surface area contributed by atoms with Gasteiger partial charge < -0.3 is 0 Å². The van der Waals surface area contributed by atoms with Gasteiger partial charge >= 0.3 is 0 Å². The first-order valence-corrected chi connectivity index (χ1v) is 8.30. The summed E-state index contributed by atoms with van der Waals surface area (Å²) in [5, 5.41) is 2.27. The van der Waals surface area contributed by atoms with Gasteiger partial charge in [0.2, 0.25) is 0 Å². The highest BCUT2D eigenvalue weighted by atomic mass is 35.5. The smallest absolute Gasteiger partial charge is 0.232 e. The molecule has 2 N–H and O–H groups in total. The first-order chi connectivity index (χ1) is 9.54. The van der Waals surface area contributed by atoms with Crippen LogP contribution in [0.3, 0.4) is 0 Å². The molecule has 2 aromatic rings. The second kappa shape index (κ2) is 6.39. The Labute approximate surface area is 126 Å². The average Bonchev–Trinajstić information content (AvgIpc) is 2.89. The number of hydrogen-bond donors (Lipinski definition) is 2. The third kappa shape index (κ3) is 3.39. The van der Waals surface area contributed by atoms with E-state index in [9.17, 15) is 8.42 Å². The lowest BCUT2D eigenvalue weighted by atomic mass is 10.1. The van der Waals surface area contributed by atoms with Crippen LogP contribution >= 0.6 is 22.9 Å². The molecule has 1 aromatic carbocycles. The number of nitrogens with one attached hydrogen (secondary N) is 2. The van der Waals surface area contributed by atoms with Crippen molar-refractivity contribution in [2.45, 2.75) is 4.21 Å². The molecule has 0 fully saturated rings. The molecular formula is C13H11ClN2O2S2. The lowest BCUT2D eigenvalue weighted by molar-refractivity contribution is 0.568. The molecule has 0 radical (unpaired) electrons. The molecule has 1 aromatic heterocycles. The molecule has 0 aliphatic heterocycles. The number of halogens is 1. The Hall–Kier alpha value is -1.36. The van der Waals surface area contributed by atoms with E-state index in [1.165, 1.54) is 0 Å². The minimum Gasteiger partial charge on any atom is -0.232 e. The third-order valence-corrected chi connectivity index (χ3v) is 5.42. The van der Waals surface area contributed by atoms with Crippen LogP contribution in [0.5, 0.6) is 0 Å². The van der Waals surface area contributed by atoms with Crippen molar-refractivity contribution >= 4 is 33.0 Å². The molecule has 20 heavy (non-hydrogen) atoms. The summed E-state index contributed by atoms with van der Waals surface area (Å²) in [6.07, 6.45) is 5.05. The summed E-state index contributed by atoms with van der Waals surface area (Å²) in [6, 6.07) is 8.78. The van der Waals surface area contributed by atoms with Crippen molar-refractivity contribution in [3.05, 3.63) is 40.7 Å². The molecule has 2 rings (SSSR count). The van der Waals surface area contributed by atoms with E-state index >= 15 is 0 Å². The van der Waals surface area contributed by atoms with Crippen LogP contribution in [0.15, 0.2) is 39.9 Å². The Kier molecular flexibility index (Phi) is 4.81. The van der Waals surface area contributed by atoms with E-state index in [2.05, 4.69) is 16.2 Å². The van der Waals surface area contributed by atoms with Gasteiger partial charge in [0.05, 0.1) is 6.54 Å². The van der Waals surface area contributed by atoms with Crippen molar-refractivity contribution in [3.8, 4) is 23.5 Å². The fourth-order valence-corrected chi connectivity index (χ4v) is 4.06. The van der Waals surface area contributed by atoms with E-state index in [0.717, 1.165) is 16.9 Å². The molecule has 7 heteroatoms. The quantitative estimate of drug-likeness (QED) is 0.504. The predicted molar refractivity (Wildman–Crippen MR) is 81.9 cm³/mol. The predicted octanol–water partition coefficient (Wildman–Crippen LogP) is 2.48. The summed E-state index contributed by atoms with van der Waals surface area (Å²) in [5.41, 5.74) is 3.81. The van der Waals surface area contributed by atoms with Crippen LogP contribution in [0.4, 0.5) is 0 Å². The highest BCUT2D eigenvalue weighted by Crippen LogP contribution is 2.32. The fourth-order valence-electron chi connectivity index (χ4n) is 1.60. The SMILES string of the molecule is C#CCNNS(=O)(=O)c1sccc1-c1cccc(Cl)c1. The van der Waals surface area contributed by atoms with Gasteiger partial charge in [-0.15, -0.1) is 22.6 Å². The average molecular weight is 327 g/mol.